The van der Waals surface area contributed by atoms with Crippen LogP contribution in [0.3, 0.4) is 0 Å². The molecule has 1 fully saturated rings. The second kappa shape index (κ2) is 6.19. The van der Waals surface area contributed by atoms with Gasteiger partial charge < -0.3 is 20.8 Å². The Kier molecular flexibility index (Phi) is 4.89. The van der Waals surface area contributed by atoms with Crippen LogP contribution in [0.15, 0.2) is 0 Å². The van der Waals surface area contributed by atoms with Gasteiger partial charge in [0.05, 0.1) is 5.92 Å². The minimum atomic E-state index is -1.46. The molecule has 1 aliphatic rings. The van der Waals surface area contributed by atoms with Gasteiger partial charge in [0.25, 0.3) is 0 Å². The molecule has 2 amide bonds. The van der Waals surface area contributed by atoms with E-state index in [0.29, 0.717) is 19.4 Å². The fraction of sp³-hybridized carbons (Fsp3) is 0.700. The fourth-order valence-corrected chi connectivity index (χ4v) is 1.56. The van der Waals surface area contributed by atoms with Gasteiger partial charge in [-0.25, -0.2) is 4.79 Å². The average molecular weight is 244 g/mol. The molecule has 4 N–H and O–H groups in total. The fourth-order valence-electron chi connectivity index (χ4n) is 1.56. The third kappa shape index (κ3) is 4.39. The first-order chi connectivity index (χ1) is 8.00. The molecule has 0 spiro atoms. The summed E-state index contributed by atoms with van der Waals surface area (Å²) in [6.45, 7) is 0.420. The van der Waals surface area contributed by atoms with E-state index in [4.69, 9.17) is 10.2 Å². The maximum Gasteiger partial charge on any atom is 0.332 e. The monoisotopic (exact) mass is 244 g/mol. The number of rotatable bonds is 5. The van der Waals surface area contributed by atoms with Gasteiger partial charge in [-0.1, -0.05) is 0 Å². The molecule has 2 atom stereocenters. The van der Waals surface area contributed by atoms with Crippen molar-refractivity contribution in [3.8, 4) is 0 Å². The standard InChI is InChI=1S/C10H16N2O5/c13-7(10(16)17)3-4-11-9(15)6-1-2-8(14)12-5-6/h6-7,13H,1-5H2,(H,11,15)(H,12,14)(H,16,17). The number of aliphatic carboxylic acids is 1. The minimum absolute atomic E-state index is 0.0276. The Bertz CT molecular complexity index is 308. The maximum absolute atomic E-state index is 11.6. The van der Waals surface area contributed by atoms with Gasteiger partial charge in [0.1, 0.15) is 0 Å². The van der Waals surface area contributed by atoms with Crippen LogP contribution in [0.4, 0.5) is 0 Å². The summed E-state index contributed by atoms with van der Waals surface area (Å²) in [6.07, 6.45) is -0.656. The topological polar surface area (TPSA) is 116 Å². The van der Waals surface area contributed by atoms with Crippen LogP contribution in [-0.2, 0) is 14.4 Å². The highest BCUT2D eigenvalue weighted by molar-refractivity contribution is 5.83. The molecule has 2 unspecified atom stereocenters. The van der Waals surface area contributed by atoms with Crippen molar-refractivity contribution < 1.29 is 24.6 Å². The van der Waals surface area contributed by atoms with E-state index in [1.807, 2.05) is 0 Å². The molecular weight excluding hydrogens is 228 g/mol. The van der Waals surface area contributed by atoms with Crippen LogP contribution in [-0.4, -0.2) is 47.2 Å². The van der Waals surface area contributed by atoms with Gasteiger partial charge in [0, 0.05) is 25.9 Å². The highest BCUT2D eigenvalue weighted by Gasteiger charge is 2.24. The normalized spacial score (nSPS) is 21.5. The smallest absolute Gasteiger partial charge is 0.332 e. The van der Waals surface area contributed by atoms with Crippen LogP contribution in [0.5, 0.6) is 0 Å². The van der Waals surface area contributed by atoms with Crippen LogP contribution < -0.4 is 10.6 Å². The Labute approximate surface area is 98.2 Å². The summed E-state index contributed by atoms with van der Waals surface area (Å²) in [5, 5.41) is 22.5. The zero-order valence-electron chi connectivity index (χ0n) is 9.31. The molecule has 0 aliphatic carbocycles. The summed E-state index contributed by atoms with van der Waals surface area (Å²) in [5.74, 6) is -1.85. The summed E-state index contributed by atoms with van der Waals surface area (Å²) < 4.78 is 0. The van der Waals surface area contributed by atoms with Crippen molar-refractivity contribution in [2.45, 2.75) is 25.4 Å². The molecular formula is C10H16N2O5. The number of aliphatic hydroxyl groups excluding tert-OH is 1. The third-order valence-electron chi connectivity index (χ3n) is 2.64. The molecule has 0 aromatic carbocycles. The van der Waals surface area contributed by atoms with Gasteiger partial charge in [0.2, 0.25) is 11.8 Å². The second-order valence-corrected chi connectivity index (χ2v) is 3.97. The second-order valence-electron chi connectivity index (χ2n) is 3.97. The summed E-state index contributed by atoms with van der Waals surface area (Å²) in [6, 6.07) is 0. The molecule has 1 rings (SSSR count). The molecule has 0 aromatic rings. The predicted molar refractivity (Wildman–Crippen MR) is 57.0 cm³/mol. The van der Waals surface area contributed by atoms with E-state index in [2.05, 4.69) is 10.6 Å². The zero-order chi connectivity index (χ0) is 12.8. The molecule has 1 saturated heterocycles. The molecule has 1 aliphatic heterocycles. The number of carbonyl (C=O) groups excluding carboxylic acids is 2. The number of carboxylic acids is 1. The maximum atomic E-state index is 11.6. The SMILES string of the molecule is O=C1CCC(C(=O)NCCC(O)C(=O)O)CN1. The van der Waals surface area contributed by atoms with Crippen LogP contribution >= 0.6 is 0 Å². The Morgan fingerprint density at radius 2 is 2.24 bits per heavy atom. The lowest BCUT2D eigenvalue weighted by Crippen LogP contribution is -2.43. The largest absolute Gasteiger partial charge is 0.479 e. The molecule has 7 nitrogen and oxygen atoms in total. The van der Waals surface area contributed by atoms with Crippen LogP contribution in [0.2, 0.25) is 0 Å². The minimum Gasteiger partial charge on any atom is -0.479 e. The van der Waals surface area contributed by atoms with Crippen molar-refractivity contribution in [2.24, 2.45) is 5.92 Å². The summed E-state index contributed by atoms with van der Waals surface area (Å²) in [7, 11) is 0. The van der Waals surface area contributed by atoms with E-state index in [1.165, 1.54) is 0 Å². The number of carboxylic acid groups (broad SMARTS) is 1. The third-order valence-corrected chi connectivity index (χ3v) is 2.64. The molecule has 17 heavy (non-hydrogen) atoms. The van der Waals surface area contributed by atoms with Gasteiger partial charge in [-0.05, 0) is 6.42 Å². The zero-order valence-corrected chi connectivity index (χ0v) is 9.31. The van der Waals surface area contributed by atoms with Gasteiger partial charge in [0.15, 0.2) is 6.10 Å². The molecule has 96 valence electrons. The van der Waals surface area contributed by atoms with E-state index < -0.39 is 12.1 Å². The molecule has 1 heterocycles. The quantitative estimate of drug-likeness (QED) is 0.468. The number of aliphatic hydroxyl groups is 1. The van der Waals surface area contributed by atoms with Gasteiger partial charge in [-0.3, -0.25) is 9.59 Å². The van der Waals surface area contributed by atoms with E-state index in [-0.39, 0.29) is 30.7 Å². The lowest BCUT2D eigenvalue weighted by molar-refractivity contribution is -0.147. The Balaban J connectivity index is 2.21. The van der Waals surface area contributed by atoms with Crippen molar-refractivity contribution in [1.82, 2.24) is 10.6 Å². The van der Waals surface area contributed by atoms with Crippen molar-refractivity contribution in [1.29, 1.82) is 0 Å². The van der Waals surface area contributed by atoms with Crippen molar-refractivity contribution in [3.63, 3.8) is 0 Å². The lowest BCUT2D eigenvalue weighted by Gasteiger charge is -2.21. The number of hydrogen-bond donors (Lipinski definition) is 4. The van der Waals surface area contributed by atoms with Gasteiger partial charge in [-0.15, -0.1) is 0 Å². The first kappa shape index (κ1) is 13.4. The summed E-state index contributed by atoms with van der Waals surface area (Å²) in [5.41, 5.74) is 0. The number of piperidine rings is 1. The molecule has 0 bridgehead atoms. The number of amides is 2. The van der Waals surface area contributed by atoms with Gasteiger partial charge >= 0.3 is 5.97 Å². The first-order valence-corrected chi connectivity index (χ1v) is 5.46. The van der Waals surface area contributed by atoms with Crippen molar-refractivity contribution in [2.75, 3.05) is 13.1 Å². The highest BCUT2D eigenvalue weighted by Crippen LogP contribution is 2.10. The number of nitrogens with one attached hydrogen (secondary N) is 2. The Hall–Kier alpha value is -1.63. The molecule has 7 heteroatoms. The number of carbonyl (C=O) groups is 3. The Morgan fingerprint density at radius 1 is 1.53 bits per heavy atom. The summed E-state index contributed by atoms with van der Waals surface area (Å²) in [4.78, 5) is 32.7. The number of hydrogen-bond acceptors (Lipinski definition) is 4. The lowest BCUT2D eigenvalue weighted by atomic mass is 9.98. The molecule has 0 saturated carbocycles. The molecule has 0 aromatic heterocycles. The predicted octanol–water partition coefficient (Wildman–Crippen LogP) is -1.54. The van der Waals surface area contributed by atoms with Gasteiger partial charge in [-0.2, -0.15) is 0 Å². The van der Waals surface area contributed by atoms with E-state index in [0.717, 1.165) is 0 Å². The van der Waals surface area contributed by atoms with Crippen molar-refractivity contribution in [3.05, 3.63) is 0 Å². The van der Waals surface area contributed by atoms with Crippen LogP contribution in [0.25, 0.3) is 0 Å². The Morgan fingerprint density at radius 3 is 2.76 bits per heavy atom. The van der Waals surface area contributed by atoms with E-state index in [9.17, 15) is 14.4 Å². The summed E-state index contributed by atoms with van der Waals surface area (Å²) >= 11 is 0. The first-order valence-electron chi connectivity index (χ1n) is 5.46. The van der Waals surface area contributed by atoms with Crippen molar-refractivity contribution >= 4 is 17.8 Å². The van der Waals surface area contributed by atoms with E-state index in [1.54, 1.807) is 0 Å². The molecule has 0 radical (unpaired) electrons. The van der Waals surface area contributed by atoms with Crippen LogP contribution in [0.1, 0.15) is 19.3 Å². The van der Waals surface area contributed by atoms with Crippen LogP contribution in [0, 0.1) is 5.92 Å². The highest BCUT2D eigenvalue weighted by atomic mass is 16.4. The average Bonchev–Trinajstić information content (AvgIpc) is 2.29. The van der Waals surface area contributed by atoms with E-state index >= 15 is 0 Å².